The van der Waals surface area contributed by atoms with Gasteiger partial charge in [0.25, 0.3) is 10.0 Å². The highest BCUT2D eigenvalue weighted by molar-refractivity contribution is 7.92. The number of hydrogen-bond donors (Lipinski definition) is 1. The van der Waals surface area contributed by atoms with Crippen LogP contribution in [-0.2, 0) is 10.0 Å². The van der Waals surface area contributed by atoms with Crippen LogP contribution in [0.1, 0.15) is 36.5 Å². The van der Waals surface area contributed by atoms with Gasteiger partial charge >= 0.3 is 0 Å². The zero-order valence-electron chi connectivity index (χ0n) is 16.0. The van der Waals surface area contributed by atoms with Gasteiger partial charge in [-0.05, 0) is 42.5 Å². The van der Waals surface area contributed by atoms with Crippen LogP contribution in [0.25, 0.3) is 0 Å². The molecule has 26 heavy (non-hydrogen) atoms. The van der Waals surface area contributed by atoms with Gasteiger partial charge in [-0.3, -0.25) is 4.72 Å². The molecule has 0 spiro atoms. The normalized spacial score (nSPS) is 14.2. The third-order valence-corrected chi connectivity index (χ3v) is 6.30. The maximum atomic E-state index is 13.1. The first-order valence-corrected chi connectivity index (χ1v) is 10.3. The fraction of sp³-hybridized carbons (Fsp3) is 0.400. The van der Waals surface area contributed by atoms with Crippen molar-refractivity contribution in [2.45, 2.75) is 38.5 Å². The van der Waals surface area contributed by atoms with Gasteiger partial charge in [-0.15, -0.1) is 0 Å². The van der Waals surface area contributed by atoms with Gasteiger partial charge in [0.2, 0.25) is 0 Å². The molecule has 0 saturated heterocycles. The van der Waals surface area contributed by atoms with Crippen molar-refractivity contribution in [3.8, 4) is 5.75 Å². The minimum Gasteiger partial charge on any atom is -0.490 e. The Bertz CT molecular complexity index is 936. The smallest absolute Gasteiger partial charge is 0.262 e. The molecule has 0 saturated carbocycles. The molecule has 0 atom stereocenters. The number of nitrogens with one attached hydrogen (secondary N) is 1. The number of likely N-dealkylation sites (N-methyl/N-ethyl adjacent to an activating group) is 1. The molecule has 1 heterocycles. The Labute approximate surface area is 156 Å². The number of aryl methyl sites for hydroxylation is 2. The van der Waals surface area contributed by atoms with Gasteiger partial charge < -0.3 is 9.64 Å². The molecule has 2 aromatic carbocycles. The fourth-order valence-corrected chi connectivity index (χ4v) is 4.67. The van der Waals surface area contributed by atoms with E-state index in [9.17, 15) is 8.42 Å². The Morgan fingerprint density at radius 3 is 2.58 bits per heavy atom. The topological polar surface area (TPSA) is 58.6 Å². The van der Waals surface area contributed by atoms with Crippen LogP contribution in [0.3, 0.4) is 0 Å². The Kier molecular flexibility index (Phi) is 4.88. The Morgan fingerprint density at radius 2 is 1.88 bits per heavy atom. The molecule has 0 unspecified atom stereocenters. The first kappa shape index (κ1) is 18.6. The summed E-state index contributed by atoms with van der Waals surface area (Å²) in [7, 11) is -1.74. The summed E-state index contributed by atoms with van der Waals surface area (Å²) in [6.45, 7) is 9.19. The summed E-state index contributed by atoms with van der Waals surface area (Å²) in [5.41, 5.74) is 4.18. The average molecular weight is 375 g/mol. The van der Waals surface area contributed by atoms with Crippen molar-refractivity contribution in [1.29, 1.82) is 0 Å². The zero-order chi connectivity index (χ0) is 19.1. The second-order valence-electron chi connectivity index (χ2n) is 7.15. The van der Waals surface area contributed by atoms with Crippen molar-refractivity contribution in [1.82, 2.24) is 0 Å². The molecule has 1 aliphatic rings. The van der Waals surface area contributed by atoms with Gasteiger partial charge in [0.05, 0.1) is 22.8 Å². The molecule has 0 fully saturated rings. The lowest BCUT2D eigenvalue weighted by Crippen LogP contribution is -2.29. The Balaban J connectivity index is 2.05. The van der Waals surface area contributed by atoms with Gasteiger partial charge in [0, 0.05) is 13.1 Å². The van der Waals surface area contributed by atoms with Crippen molar-refractivity contribution < 1.29 is 13.2 Å². The zero-order valence-corrected chi connectivity index (χ0v) is 16.8. The van der Waals surface area contributed by atoms with Gasteiger partial charge in [-0.2, -0.15) is 0 Å². The molecule has 1 N–H and O–H groups in total. The van der Waals surface area contributed by atoms with E-state index in [0.29, 0.717) is 23.6 Å². The number of nitrogens with zero attached hydrogens (tertiary/aromatic N) is 1. The van der Waals surface area contributed by atoms with Crippen LogP contribution < -0.4 is 14.4 Å². The van der Waals surface area contributed by atoms with Crippen LogP contribution in [0.4, 0.5) is 11.4 Å². The van der Waals surface area contributed by atoms with E-state index in [2.05, 4.69) is 23.5 Å². The van der Waals surface area contributed by atoms with E-state index in [4.69, 9.17) is 4.74 Å². The molecule has 0 amide bonds. The first-order valence-electron chi connectivity index (χ1n) is 8.81. The summed E-state index contributed by atoms with van der Waals surface area (Å²) >= 11 is 0. The maximum absolute atomic E-state index is 13.1. The third-order valence-electron chi connectivity index (χ3n) is 4.81. The SMILES string of the molecule is Cc1cc2c(cc1S(=O)(=O)Nc1c(C)cccc1C(C)C)OCCN2C. The van der Waals surface area contributed by atoms with Gasteiger partial charge in [0.1, 0.15) is 12.4 Å². The summed E-state index contributed by atoms with van der Waals surface area (Å²) in [5, 5.41) is 0. The maximum Gasteiger partial charge on any atom is 0.262 e. The lowest BCUT2D eigenvalue weighted by Gasteiger charge is -2.29. The fourth-order valence-electron chi connectivity index (χ4n) is 3.27. The predicted octanol–water partition coefficient (Wildman–Crippen LogP) is 4.06. The van der Waals surface area contributed by atoms with E-state index in [-0.39, 0.29) is 10.8 Å². The number of para-hydroxylation sites is 1. The molecule has 3 rings (SSSR count). The van der Waals surface area contributed by atoms with Crippen molar-refractivity contribution in [3.05, 3.63) is 47.0 Å². The summed E-state index contributed by atoms with van der Waals surface area (Å²) in [4.78, 5) is 2.33. The van der Waals surface area contributed by atoms with Crippen LogP contribution in [0.15, 0.2) is 35.2 Å². The number of rotatable bonds is 4. The van der Waals surface area contributed by atoms with Crippen LogP contribution in [0.5, 0.6) is 5.75 Å². The number of benzene rings is 2. The third kappa shape index (κ3) is 3.38. The lowest BCUT2D eigenvalue weighted by molar-refractivity contribution is 0.310. The molecule has 1 aliphatic heterocycles. The number of hydrogen-bond acceptors (Lipinski definition) is 4. The Hall–Kier alpha value is -2.21. The van der Waals surface area contributed by atoms with Crippen molar-refractivity contribution in [2.75, 3.05) is 29.8 Å². The molecule has 140 valence electrons. The molecule has 0 aliphatic carbocycles. The molecule has 2 aromatic rings. The Morgan fingerprint density at radius 1 is 1.15 bits per heavy atom. The van der Waals surface area contributed by atoms with Crippen LogP contribution >= 0.6 is 0 Å². The van der Waals surface area contributed by atoms with Crippen LogP contribution in [0.2, 0.25) is 0 Å². The highest BCUT2D eigenvalue weighted by Crippen LogP contribution is 2.36. The van der Waals surface area contributed by atoms with Gasteiger partial charge in [0.15, 0.2) is 0 Å². The summed E-state index contributed by atoms with van der Waals surface area (Å²) in [6, 6.07) is 9.35. The van der Waals surface area contributed by atoms with Crippen molar-refractivity contribution in [2.24, 2.45) is 0 Å². The van der Waals surface area contributed by atoms with E-state index in [1.165, 1.54) is 0 Å². The van der Waals surface area contributed by atoms with Crippen molar-refractivity contribution in [3.63, 3.8) is 0 Å². The average Bonchev–Trinajstić information content (AvgIpc) is 2.56. The quantitative estimate of drug-likeness (QED) is 0.877. The predicted molar refractivity (Wildman–Crippen MR) is 106 cm³/mol. The second kappa shape index (κ2) is 6.83. The largest absolute Gasteiger partial charge is 0.490 e. The van der Waals surface area contributed by atoms with Crippen molar-refractivity contribution >= 4 is 21.4 Å². The van der Waals surface area contributed by atoms with E-state index >= 15 is 0 Å². The second-order valence-corrected chi connectivity index (χ2v) is 8.81. The molecular formula is C20H26N2O3S. The van der Waals surface area contributed by atoms with Crippen LogP contribution in [0, 0.1) is 13.8 Å². The van der Waals surface area contributed by atoms with E-state index in [0.717, 1.165) is 23.4 Å². The standard InChI is InChI=1S/C20H26N2O3S/c1-13(2)16-8-6-7-14(3)20(16)21-26(23,24)19-12-18-17(11-15(19)4)22(5)9-10-25-18/h6-8,11-13,21H,9-10H2,1-5H3. The highest BCUT2D eigenvalue weighted by Gasteiger charge is 2.25. The minimum absolute atomic E-state index is 0.217. The molecule has 5 nitrogen and oxygen atoms in total. The summed E-state index contributed by atoms with van der Waals surface area (Å²) in [6.07, 6.45) is 0. The number of fused-ring (bicyclic) bond motifs is 1. The van der Waals surface area contributed by atoms with E-state index < -0.39 is 10.0 Å². The highest BCUT2D eigenvalue weighted by atomic mass is 32.2. The lowest BCUT2D eigenvalue weighted by atomic mass is 9.99. The number of sulfonamides is 1. The minimum atomic E-state index is -3.72. The van der Waals surface area contributed by atoms with Gasteiger partial charge in [-0.25, -0.2) is 8.42 Å². The molecular weight excluding hydrogens is 348 g/mol. The number of ether oxygens (including phenoxy) is 1. The van der Waals surface area contributed by atoms with Crippen LogP contribution in [-0.4, -0.2) is 28.6 Å². The summed E-state index contributed by atoms with van der Waals surface area (Å²) in [5.74, 6) is 0.827. The molecule has 0 bridgehead atoms. The van der Waals surface area contributed by atoms with E-state index in [1.807, 2.05) is 45.2 Å². The molecule has 0 radical (unpaired) electrons. The van der Waals surface area contributed by atoms with E-state index in [1.54, 1.807) is 6.07 Å². The number of anilines is 2. The molecule has 0 aromatic heterocycles. The summed E-state index contributed by atoms with van der Waals surface area (Å²) < 4.78 is 34.8. The molecule has 6 heteroatoms. The first-order chi connectivity index (χ1) is 12.2. The van der Waals surface area contributed by atoms with Gasteiger partial charge in [-0.1, -0.05) is 32.0 Å². The monoisotopic (exact) mass is 374 g/mol.